The summed E-state index contributed by atoms with van der Waals surface area (Å²) in [4.78, 5) is 15.1. The van der Waals surface area contributed by atoms with Crippen LogP contribution in [-0.4, -0.2) is 63.6 Å². The molecular weight excluding hydrogens is 475 g/mol. The Hall–Kier alpha value is -2.66. The molecule has 0 radical (unpaired) electrons. The number of alkyl halides is 3. The highest BCUT2D eigenvalue weighted by Gasteiger charge is 2.39. The van der Waals surface area contributed by atoms with E-state index in [-0.39, 0.29) is 30.6 Å². The lowest BCUT2D eigenvalue weighted by molar-refractivity contribution is -0.184. The highest BCUT2D eigenvalue weighted by molar-refractivity contribution is 5.97. The lowest BCUT2D eigenvalue weighted by Gasteiger charge is -2.38. The van der Waals surface area contributed by atoms with Crippen molar-refractivity contribution in [1.29, 1.82) is 0 Å². The molecular formula is C26H30F3N3O4. The minimum absolute atomic E-state index is 0.112. The summed E-state index contributed by atoms with van der Waals surface area (Å²) in [5.41, 5.74) is 0.389. The van der Waals surface area contributed by atoms with Crippen molar-refractivity contribution in [3.63, 3.8) is 0 Å². The van der Waals surface area contributed by atoms with Gasteiger partial charge in [0, 0.05) is 35.9 Å². The number of piperidine rings is 1. The minimum Gasteiger partial charge on any atom is -0.380 e. The van der Waals surface area contributed by atoms with Crippen LogP contribution in [0.1, 0.15) is 24.0 Å². The molecule has 3 fully saturated rings. The first-order valence-corrected chi connectivity index (χ1v) is 12.2. The molecule has 3 N–H and O–H groups in total. The number of carbonyl (C=O) groups is 1. The van der Waals surface area contributed by atoms with Gasteiger partial charge in [0.1, 0.15) is 5.60 Å². The van der Waals surface area contributed by atoms with Crippen LogP contribution in [0.3, 0.4) is 0 Å². The summed E-state index contributed by atoms with van der Waals surface area (Å²) in [5, 5.41) is 17.1. The number of ether oxygens (including phenoxy) is 2. The second kappa shape index (κ2) is 10.0. The molecule has 0 aromatic heterocycles. The van der Waals surface area contributed by atoms with Gasteiger partial charge in [-0.05, 0) is 73.5 Å². The molecule has 7 nitrogen and oxygen atoms in total. The number of aliphatic hydroxyl groups is 1. The van der Waals surface area contributed by atoms with Crippen LogP contribution >= 0.6 is 0 Å². The Morgan fingerprint density at radius 1 is 1.06 bits per heavy atom. The molecule has 0 aliphatic carbocycles. The van der Waals surface area contributed by atoms with Gasteiger partial charge >= 0.3 is 6.18 Å². The van der Waals surface area contributed by atoms with Gasteiger partial charge in [0.2, 0.25) is 5.91 Å². The number of rotatable bonds is 5. The number of nitrogens with zero attached hydrogens (tertiary/aromatic N) is 1. The summed E-state index contributed by atoms with van der Waals surface area (Å²) >= 11 is 0. The van der Waals surface area contributed by atoms with Crippen LogP contribution in [0.15, 0.2) is 36.4 Å². The molecule has 3 aliphatic rings. The van der Waals surface area contributed by atoms with Crippen molar-refractivity contribution in [2.45, 2.75) is 24.6 Å². The summed E-state index contributed by atoms with van der Waals surface area (Å²) < 4.78 is 51.8. The Kier molecular flexibility index (Phi) is 6.95. The zero-order valence-corrected chi connectivity index (χ0v) is 19.9. The zero-order chi connectivity index (χ0) is 25.3. The first kappa shape index (κ1) is 25.0. The molecule has 0 unspecified atom stereocenters. The summed E-state index contributed by atoms with van der Waals surface area (Å²) in [5.74, 6) is -0.405. The van der Waals surface area contributed by atoms with Gasteiger partial charge in [0.05, 0.1) is 32.0 Å². The Bertz CT molecular complexity index is 1110. The fourth-order valence-corrected chi connectivity index (χ4v) is 4.89. The van der Waals surface area contributed by atoms with Crippen molar-refractivity contribution in [3.05, 3.63) is 47.5 Å². The molecule has 2 aromatic rings. The van der Waals surface area contributed by atoms with E-state index < -0.39 is 17.3 Å². The van der Waals surface area contributed by atoms with Crippen LogP contribution in [0, 0.1) is 5.92 Å². The third kappa shape index (κ3) is 5.22. The van der Waals surface area contributed by atoms with Crippen LogP contribution in [0.2, 0.25) is 0 Å². The van der Waals surface area contributed by atoms with Gasteiger partial charge < -0.3 is 30.1 Å². The molecule has 194 valence electrons. The van der Waals surface area contributed by atoms with E-state index in [4.69, 9.17) is 9.47 Å². The Morgan fingerprint density at radius 3 is 2.42 bits per heavy atom. The predicted octanol–water partition coefficient (Wildman–Crippen LogP) is 3.36. The van der Waals surface area contributed by atoms with E-state index in [9.17, 15) is 23.1 Å². The number of morpholine rings is 1. The normalized spacial score (nSPS) is 20.6. The summed E-state index contributed by atoms with van der Waals surface area (Å²) in [6.45, 7) is 4.00. The van der Waals surface area contributed by atoms with Gasteiger partial charge in [-0.15, -0.1) is 0 Å². The Balaban J connectivity index is 1.58. The van der Waals surface area contributed by atoms with Crippen LogP contribution in [-0.2, 0) is 26.0 Å². The van der Waals surface area contributed by atoms with Crippen molar-refractivity contribution in [3.8, 4) is 11.1 Å². The molecule has 1 amide bonds. The molecule has 2 aromatic carbocycles. The number of benzene rings is 2. The van der Waals surface area contributed by atoms with Crippen LogP contribution in [0.4, 0.5) is 24.5 Å². The minimum atomic E-state index is -4.54. The summed E-state index contributed by atoms with van der Waals surface area (Å²) in [6.07, 6.45) is -3.20. The average molecular weight is 506 g/mol. The van der Waals surface area contributed by atoms with Gasteiger partial charge in [-0.25, -0.2) is 0 Å². The number of nitrogens with one attached hydrogen (secondary N) is 2. The maximum Gasteiger partial charge on any atom is 0.416 e. The van der Waals surface area contributed by atoms with Crippen molar-refractivity contribution in [2.75, 3.05) is 62.8 Å². The highest BCUT2D eigenvalue weighted by atomic mass is 19.4. The van der Waals surface area contributed by atoms with Crippen molar-refractivity contribution >= 4 is 17.3 Å². The monoisotopic (exact) mass is 505 g/mol. The lowest BCUT2D eigenvalue weighted by atomic mass is 9.88. The molecule has 3 aliphatic heterocycles. The van der Waals surface area contributed by atoms with Crippen LogP contribution < -0.4 is 15.5 Å². The number of hydrogen-bond acceptors (Lipinski definition) is 6. The fraction of sp³-hybridized carbons (Fsp3) is 0.500. The van der Waals surface area contributed by atoms with Crippen molar-refractivity contribution < 1.29 is 32.5 Å². The zero-order valence-electron chi connectivity index (χ0n) is 19.9. The van der Waals surface area contributed by atoms with E-state index in [1.807, 2.05) is 12.1 Å². The van der Waals surface area contributed by atoms with Crippen LogP contribution in [0.25, 0.3) is 11.1 Å². The first-order chi connectivity index (χ1) is 17.2. The quantitative estimate of drug-likeness (QED) is 0.578. The standard InChI is InChI=1S/C26H30F3N3O4/c27-26(28,29)19-1-2-23(31-24(33)17-3-5-30-6-4-17)22(14-19)18-11-20(25(34)15-36-16-25)13-21(12-18)32-7-9-35-10-8-32/h1-2,11-14,17,30,34H,3-10,15-16H2,(H,31,33). The number of hydrogen-bond donors (Lipinski definition) is 3. The number of carbonyl (C=O) groups excluding carboxylic acids is 1. The highest BCUT2D eigenvalue weighted by Crippen LogP contribution is 2.41. The molecule has 0 bridgehead atoms. The van der Waals surface area contributed by atoms with Gasteiger partial charge in [-0.3, -0.25) is 4.79 Å². The molecule has 10 heteroatoms. The van der Waals surface area contributed by atoms with E-state index in [1.165, 1.54) is 6.07 Å². The van der Waals surface area contributed by atoms with Gasteiger partial charge in [0.15, 0.2) is 0 Å². The second-order valence-corrected chi connectivity index (χ2v) is 9.66. The van der Waals surface area contributed by atoms with Gasteiger partial charge in [0.25, 0.3) is 0 Å². The van der Waals surface area contributed by atoms with E-state index in [1.54, 1.807) is 6.07 Å². The molecule has 0 spiro atoms. The van der Waals surface area contributed by atoms with Crippen molar-refractivity contribution in [1.82, 2.24) is 5.32 Å². The maximum absolute atomic E-state index is 13.7. The third-order valence-corrected chi connectivity index (χ3v) is 7.14. The molecule has 5 rings (SSSR count). The SMILES string of the molecule is O=C(Nc1ccc(C(F)(F)F)cc1-c1cc(N2CCOCC2)cc(C2(O)COC2)c1)C1CCNCC1. The largest absolute Gasteiger partial charge is 0.416 e. The lowest BCUT2D eigenvalue weighted by Crippen LogP contribution is -2.46. The fourth-order valence-electron chi connectivity index (χ4n) is 4.89. The summed E-state index contributed by atoms with van der Waals surface area (Å²) in [7, 11) is 0. The van der Waals surface area contributed by atoms with Crippen LogP contribution in [0.5, 0.6) is 0 Å². The topological polar surface area (TPSA) is 83.1 Å². The number of halogens is 3. The van der Waals surface area contributed by atoms with Crippen molar-refractivity contribution in [2.24, 2.45) is 5.92 Å². The summed E-state index contributed by atoms with van der Waals surface area (Å²) in [6, 6.07) is 8.75. The Labute approximate surface area is 207 Å². The smallest absolute Gasteiger partial charge is 0.380 e. The molecule has 3 saturated heterocycles. The maximum atomic E-state index is 13.7. The van der Waals surface area contributed by atoms with E-state index in [2.05, 4.69) is 15.5 Å². The molecule has 3 heterocycles. The van der Waals surface area contributed by atoms with Gasteiger partial charge in [-0.1, -0.05) is 0 Å². The third-order valence-electron chi connectivity index (χ3n) is 7.14. The van der Waals surface area contributed by atoms with E-state index in [0.717, 1.165) is 30.9 Å². The first-order valence-electron chi connectivity index (χ1n) is 12.2. The number of amides is 1. The molecule has 0 saturated carbocycles. The second-order valence-electron chi connectivity index (χ2n) is 9.66. The van der Waals surface area contributed by atoms with E-state index in [0.29, 0.717) is 56.0 Å². The molecule has 36 heavy (non-hydrogen) atoms. The number of anilines is 2. The van der Waals surface area contributed by atoms with Gasteiger partial charge in [-0.2, -0.15) is 13.2 Å². The molecule has 0 atom stereocenters. The van der Waals surface area contributed by atoms with E-state index >= 15 is 0 Å². The average Bonchev–Trinajstić information content (AvgIpc) is 2.87. The Morgan fingerprint density at radius 2 is 1.78 bits per heavy atom. The predicted molar refractivity (Wildman–Crippen MR) is 129 cm³/mol.